The van der Waals surface area contributed by atoms with Crippen molar-refractivity contribution in [1.29, 1.82) is 0 Å². The van der Waals surface area contributed by atoms with Crippen LogP contribution in [0.15, 0.2) is 59.7 Å². The minimum absolute atomic E-state index is 0. The van der Waals surface area contributed by atoms with Gasteiger partial charge in [-0.15, -0.1) is 0 Å². The average Bonchev–Trinajstić information content (AvgIpc) is 2.77. The van der Waals surface area contributed by atoms with Gasteiger partial charge in [0.25, 0.3) is 0 Å². The van der Waals surface area contributed by atoms with Crippen LogP contribution in [0.5, 0.6) is 0 Å². The maximum Gasteiger partial charge on any atom is 1.00 e. The van der Waals surface area contributed by atoms with E-state index in [9.17, 15) is 19.5 Å². The van der Waals surface area contributed by atoms with Gasteiger partial charge in [-0.05, 0) is 66.3 Å². The molecule has 0 aromatic heterocycles. The smallest absolute Gasteiger partial charge is 0.870 e. The Kier molecular flexibility index (Phi) is 12.1. The number of benzene rings is 2. The van der Waals surface area contributed by atoms with Crippen molar-refractivity contribution in [3.05, 3.63) is 70.8 Å². The number of rotatable bonds is 8. The molecule has 1 aliphatic rings. The average molecular weight is 485 g/mol. The molecule has 1 N–H and O–H groups in total. The van der Waals surface area contributed by atoms with Crippen LogP contribution in [0.4, 0.5) is 11.4 Å². The van der Waals surface area contributed by atoms with Crippen molar-refractivity contribution in [2.45, 2.75) is 19.8 Å². The summed E-state index contributed by atoms with van der Waals surface area (Å²) in [5, 5.41) is 10.8. The molecular formula is C27H29N2NaO5-2. The van der Waals surface area contributed by atoms with E-state index in [4.69, 9.17) is 0 Å². The molecule has 180 valence electrons. The number of carbonyl (C=O) groups excluding carboxylic acids is 3. The third kappa shape index (κ3) is 8.47. The van der Waals surface area contributed by atoms with E-state index >= 15 is 0 Å². The van der Waals surface area contributed by atoms with Crippen molar-refractivity contribution >= 4 is 41.6 Å². The van der Waals surface area contributed by atoms with Crippen LogP contribution >= 0.6 is 0 Å². The fraction of sp³-hybridized carbons (Fsp3) is 0.296. The predicted octanol–water partition coefficient (Wildman–Crippen LogP) is -0.288. The van der Waals surface area contributed by atoms with Gasteiger partial charge >= 0.3 is 29.6 Å². The number of carboxylic acid groups (broad SMARTS) is 1. The number of hydrogen-bond acceptors (Lipinski definition) is 7. The minimum atomic E-state index is -1.13. The number of hydrogen-bond donors (Lipinski definition) is 0. The Labute approximate surface area is 228 Å². The quantitative estimate of drug-likeness (QED) is 0.288. The molecule has 1 atom stereocenters. The molecule has 0 saturated heterocycles. The van der Waals surface area contributed by atoms with Crippen LogP contribution in [0.25, 0.3) is 12.2 Å². The molecule has 3 rings (SSSR count). The van der Waals surface area contributed by atoms with Crippen molar-refractivity contribution in [1.82, 2.24) is 0 Å². The van der Waals surface area contributed by atoms with Gasteiger partial charge in [0.05, 0.1) is 12.5 Å². The van der Waals surface area contributed by atoms with Crippen LogP contribution in [0, 0.1) is 5.92 Å². The zero-order chi connectivity index (χ0) is 24.0. The van der Waals surface area contributed by atoms with Crippen molar-refractivity contribution < 1.29 is 54.5 Å². The van der Waals surface area contributed by atoms with Crippen LogP contribution < -0.4 is 44.5 Å². The van der Waals surface area contributed by atoms with Gasteiger partial charge in [0, 0.05) is 36.6 Å². The van der Waals surface area contributed by atoms with E-state index in [0.29, 0.717) is 12.3 Å². The second kappa shape index (κ2) is 14.0. The van der Waals surface area contributed by atoms with Gasteiger partial charge in [0.1, 0.15) is 0 Å². The Hall–Kier alpha value is -2.71. The van der Waals surface area contributed by atoms with Crippen molar-refractivity contribution in [2.75, 3.05) is 37.0 Å². The molecule has 1 saturated carbocycles. The minimum Gasteiger partial charge on any atom is -0.870 e. The largest absolute Gasteiger partial charge is 1.00 e. The number of anilines is 2. The van der Waals surface area contributed by atoms with E-state index in [1.807, 2.05) is 74.0 Å². The SMILES string of the molecule is CC1C/C(=C\c2ccc(N(C)C[C-]=O)cc2)C(=O)/C(=C/c2ccc(N(C)CC(=O)[O-])cc2)C1.[Na+].[OH-]. The number of carboxylic acids is 1. The first-order chi connectivity index (χ1) is 15.8. The molecule has 2 aromatic carbocycles. The number of aliphatic carboxylic acids is 1. The molecule has 2 aromatic rings. The van der Waals surface area contributed by atoms with E-state index in [1.54, 1.807) is 16.8 Å². The molecule has 0 heterocycles. The molecule has 1 fully saturated rings. The second-order valence-electron chi connectivity index (χ2n) is 8.59. The Morgan fingerprint density at radius 2 is 1.37 bits per heavy atom. The number of likely N-dealkylation sites (N-methyl/N-ethyl adjacent to an activating group) is 2. The van der Waals surface area contributed by atoms with Gasteiger partial charge in [-0.25, -0.2) is 6.29 Å². The molecule has 8 heteroatoms. The van der Waals surface area contributed by atoms with Crippen molar-refractivity contribution in [3.8, 4) is 0 Å². The first kappa shape index (κ1) is 30.3. The molecule has 1 unspecified atom stereocenters. The molecule has 0 aliphatic heterocycles. The summed E-state index contributed by atoms with van der Waals surface area (Å²) in [5.41, 5.74) is 5.08. The molecular weight excluding hydrogens is 455 g/mol. The third-order valence-electron chi connectivity index (χ3n) is 5.74. The van der Waals surface area contributed by atoms with Crippen LogP contribution in [-0.2, 0) is 14.4 Å². The maximum atomic E-state index is 13.2. The summed E-state index contributed by atoms with van der Waals surface area (Å²) in [6.45, 7) is 2.16. The van der Waals surface area contributed by atoms with Gasteiger partial charge in [-0.1, -0.05) is 37.7 Å². The number of allylic oxidation sites excluding steroid dienone is 2. The van der Waals surface area contributed by atoms with E-state index in [2.05, 4.69) is 6.92 Å². The Morgan fingerprint density at radius 1 is 0.943 bits per heavy atom. The summed E-state index contributed by atoms with van der Waals surface area (Å²) in [6.07, 6.45) is 7.19. The Bertz CT molecular complexity index is 1080. The van der Waals surface area contributed by atoms with E-state index in [0.717, 1.165) is 40.1 Å². The molecule has 0 radical (unpaired) electrons. The molecule has 0 amide bonds. The van der Waals surface area contributed by atoms with Crippen LogP contribution in [0.3, 0.4) is 0 Å². The van der Waals surface area contributed by atoms with Crippen LogP contribution in [-0.4, -0.2) is 50.7 Å². The second-order valence-corrected chi connectivity index (χ2v) is 8.59. The third-order valence-corrected chi connectivity index (χ3v) is 5.74. The molecule has 7 nitrogen and oxygen atoms in total. The summed E-state index contributed by atoms with van der Waals surface area (Å²) >= 11 is 0. The van der Waals surface area contributed by atoms with Gasteiger partial charge < -0.3 is 30.0 Å². The van der Waals surface area contributed by atoms with Gasteiger partial charge in [-0.3, -0.25) is 4.79 Å². The van der Waals surface area contributed by atoms with E-state index in [-0.39, 0.29) is 53.9 Å². The van der Waals surface area contributed by atoms with E-state index in [1.165, 1.54) is 0 Å². The zero-order valence-electron chi connectivity index (χ0n) is 20.7. The predicted molar refractivity (Wildman–Crippen MR) is 131 cm³/mol. The number of ketones is 1. The van der Waals surface area contributed by atoms with Crippen LogP contribution in [0.1, 0.15) is 30.9 Å². The topological polar surface area (TPSA) is 111 Å². The molecule has 0 spiro atoms. The number of Topliss-reactive ketones (excluding diaryl/α,β-unsaturated/α-hetero) is 1. The monoisotopic (exact) mass is 484 g/mol. The summed E-state index contributed by atoms with van der Waals surface area (Å²) in [4.78, 5) is 38.0. The Balaban J connectivity index is 0.00000306. The first-order valence-electron chi connectivity index (χ1n) is 10.9. The number of carbonyl (C=O) groups is 2. The first-order valence-corrected chi connectivity index (χ1v) is 10.9. The van der Waals surface area contributed by atoms with Gasteiger partial charge in [0.15, 0.2) is 5.78 Å². The molecule has 35 heavy (non-hydrogen) atoms. The summed E-state index contributed by atoms with van der Waals surface area (Å²) in [7, 11) is 3.52. The summed E-state index contributed by atoms with van der Waals surface area (Å²) in [5.74, 6) is -0.726. The fourth-order valence-electron chi connectivity index (χ4n) is 3.99. The van der Waals surface area contributed by atoms with Crippen LogP contribution in [0.2, 0.25) is 0 Å². The zero-order valence-corrected chi connectivity index (χ0v) is 22.7. The van der Waals surface area contributed by atoms with E-state index < -0.39 is 5.97 Å². The Morgan fingerprint density at radius 3 is 1.77 bits per heavy atom. The van der Waals surface area contributed by atoms with Gasteiger partial charge in [0.2, 0.25) is 0 Å². The van der Waals surface area contributed by atoms with Crippen molar-refractivity contribution in [3.63, 3.8) is 0 Å². The molecule has 1 aliphatic carbocycles. The molecule has 0 bridgehead atoms. The number of nitrogens with zero attached hydrogens (tertiary/aromatic N) is 2. The summed E-state index contributed by atoms with van der Waals surface area (Å²) in [6, 6.07) is 15.2. The van der Waals surface area contributed by atoms with Crippen molar-refractivity contribution in [2.24, 2.45) is 5.92 Å². The fourth-order valence-corrected chi connectivity index (χ4v) is 3.99. The van der Waals surface area contributed by atoms with Gasteiger partial charge in [-0.2, -0.15) is 0 Å². The summed E-state index contributed by atoms with van der Waals surface area (Å²) < 4.78 is 0. The normalized spacial score (nSPS) is 17.3. The standard InChI is InChI=1S/C27H29N2O4.Na.H2O/c1-19-14-22(16-20-4-8-24(9-5-20)28(2)12-13-30)27(33)23(15-19)17-21-6-10-25(11-7-21)29(3)18-26(31)32;;/h4-11,16-17,19H,12,14-15,18H2,1-3H3,(H,31,32);;1H2/q-1;+1;/p-2/b22-16+,23-17+;;. The maximum absolute atomic E-state index is 13.2.